The van der Waals surface area contributed by atoms with Gasteiger partial charge in [-0.25, -0.2) is 18.4 Å². The first-order valence-electron chi connectivity index (χ1n) is 7.03. The quantitative estimate of drug-likeness (QED) is 0.752. The predicted octanol–water partition coefficient (Wildman–Crippen LogP) is 2.96. The number of halogens is 1. The third kappa shape index (κ3) is 5.31. The van der Waals surface area contributed by atoms with E-state index in [1.165, 1.54) is 0 Å². The maximum atomic E-state index is 12.0. The SMILES string of the molecule is CCCCCCS(=O)(=O)Nc1ccc2nc(N)ncc2c1.Cl. The molecule has 0 fully saturated rings. The molecule has 0 unspecified atom stereocenters. The smallest absolute Gasteiger partial charge is 0.232 e. The zero-order valence-electron chi connectivity index (χ0n) is 12.4. The fraction of sp³-hybridized carbons (Fsp3) is 0.429. The number of nitrogen functional groups attached to an aromatic ring is 1. The van der Waals surface area contributed by atoms with E-state index in [1.54, 1.807) is 24.4 Å². The second kappa shape index (κ2) is 8.14. The normalized spacial score (nSPS) is 11.1. The number of rotatable bonds is 7. The van der Waals surface area contributed by atoms with Crippen LogP contribution < -0.4 is 10.5 Å². The fourth-order valence-electron chi connectivity index (χ4n) is 2.06. The van der Waals surface area contributed by atoms with Crippen molar-refractivity contribution in [3.8, 4) is 0 Å². The van der Waals surface area contributed by atoms with Crippen LogP contribution in [0.1, 0.15) is 32.6 Å². The molecule has 0 bridgehead atoms. The fourth-order valence-corrected chi connectivity index (χ4v) is 3.23. The lowest BCUT2D eigenvalue weighted by Gasteiger charge is -2.08. The molecule has 0 radical (unpaired) electrons. The van der Waals surface area contributed by atoms with Crippen molar-refractivity contribution in [2.75, 3.05) is 16.2 Å². The van der Waals surface area contributed by atoms with Gasteiger partial charge in [0.25, 0.3) is 0 Å². The third-order valence-electron chi connectivity index (χ3n) is 3.14. The lowest BCUT2D eigenvalue weighted by Crippen LogP contribution is -2.16. The highest BCUT2D eigenvalue weighted by Gasteiger charge is 2.10. The Morgan fingerprint density at radius 1 is 1.23 bits per heavy atom. The molecule has 0 aliphatic heterocycles. The summed E-state index contributed by atoms with van der Waals surface area (Å²) in [7, 11) is -3.31. The number of nitrogens with two attached hydrogens (primary N) is 1. The Morgan fingerprint density at radius 2 is 2.00 bits per heavy atom. The summed E-state index contributed by atoms with van der Waals surface area (Å²) >= 11 is 0. The molecule has 2 rings (SSSR count). The van der Waals surface area contributed by atoms with Crippen LogP contribution in [0, 0.1) is 0 Å². The van der Waals surface area contributed by atoms with Gasteiger partial charge in [0, 0.05) is 17.3 Å². The molecule has 0 spiro atoms. The van der Waals surface area contributed by atoms with Gasteiger partial charge < -0.3 is 5.73 Å². The lowest BCUT2D eigenvalue weighted by atomic mass is 10.2. The summed E-state index contributed by atoms with van der Waals surface area (Å²) in [4.78, 5) is 7.98. The predicted molar refractivity (Wildman–Crippen MR) is 92.7 cm³/mol. The van der Waals surface area contributed by atoms with E-state index in [9.17, 15) is 8.42 Å². The van der Waals surface area contributed by atoms with E-state index in [1.807, 2.05) is 0 Å². The highest BCUT2D eigenvalue weighted by molar-refractivity contribution is 7.92. The van der Waals surface area contributed by atoms with E-state index in [2.05, 4.69) is 21.6 Å². The summed E-state index contributed by atoms with van der Waals surface area (Å²) in [5.41, 5.74) is 6.72. The van der Waals surface area contributed by atoms with E-state index in [-0.39, 0.29) is 24.1 Å². The van der Waals surface area contributed by atoms with Crippen LogP contribution in [0.4, 0.5) is 11.6 Å². The average molecular weight is 345 g/mol. The van der Waals surface area contributed by atoms with Crippen molar-refractivity contribution in [2.24, 2.45) is 0 Å². The van der Waals surface area contributed by atoms with Crippen LogP contribution in [0.5, 0.6) is 0 Å². The van der Waals surface area contributed by atoms with Crippen molar-refractivity contribution < 1.29 is 8.42 Å². The second-order valence-electron chi connectivity index (χ2n) is 4.98. The standard InChI is InChI=1S/C14H20N4O2S.ClH/c1-2-3-4-5-8-21(19,20)18-12-6-7-13-11(9-12)10-16-14(15)17-13;/h6-7,9-10,18H,2-5,8H2,1H3,(H2,15,16,17);1H. The minimum atomic E-state index is -3.31. The van der Waals surface area contributed by atoms with Gasteiger partial charge in [-0.15, -0.1) is 12.4 Å². The zero-order valence-corrected chi connectivity index (χ0v) is 14.1. The molecule has 8 heteroatoms. The molecule has 6 nitrogen and oxygen atoms in total. The van der Waals surface area contributed by atoms with Crippen molar-refractivity contribution in [1.29, 1.82) is 0 Å². The van der Waals surface area contributed by atoms with Gasteiger partial charge in [0.05, 0.1) is 11.3 Å². The largest absolute Gasteiger partial charge is 0.368 e. The van der Waals surface area contributed by atoms with Crippen LogP contribution in [0.25, 0.3) is 10.9 Å². The summed E-state index contributed by atoms with van der Waals surface area (Å²) in [6, 6.07) is 5.11. The van der Waals surface area contributed by atoms with Crippen molar-refractivity contribution in [2.45, 2.75) is 32.6 Å². The van der Waals surface area contributed by atoms with Gasteiger partial charge in [-0.05, 0) is 24.6 Å². The van der Waals surface area contributed by atoms with Gasteiger partial charge in [-0.2, -0.15) is 0 Å². The first-order valence-corrected chi connectivity index (χ1v) is 8.68. The zero-order chi connectivity index (χ0) is 15.3. The number of sulfonamides is 1. The number of hydrogen-bond acceptors (Lipinski definition) is 5. The van der Waals surface area contributed by atoms with Gasteiger partial charge in [-0.1, -0.05) is 26.2 Å². The van der Waals surface area contributed by atoms with E-state index >= 15 is 0 Å². The topological polar surface area (TPSA) is 98.0 Å². The average Bonchev–Trinajstić information content (AvgIpc) is 2.43. The van der Waals surface area contributed by atoms with Gasteiger partial charge in [0.15, 0.2) is 0 Å². The Hall–Kier alpha value is -1.60. The van der Waals surface area contributed by atoms with E-state index in [4.69, 9.17) is 5.73 Å². The summed E-state index contributed by atoms with van der Waals surface area (Å²) in [5.74, 6) is 0.343. The summed E-state index contributed by atoms with van der Waals surface area (Å²) in [6.45, 7) is 2.09. The molecule has 1 aromatic heterocycles. The van der Waals surface area contributed by atoms with Crippen molar-refractivity contribution in [3.05, 3.63) is 24.4 Å². The molecular weight excluding hydrogens is 324 g/mol. The number of hydrogen-bond donors (Lipinski definition) is 2. The molecule has 122 valence electrons. The van der Waals surface area contributed by atoms with E-state index < -0.39 is 10.0 Å². The molecule has 0 saturated heterocycles. The highest BCUT2D eigenvalue weighted by Crippen LogP contribution is 2.18. The Kier molecular flexibility index (Phi) is 6.83. The van der Waals surface area contributed by atoms with Crippen LogP contribution in [0.3, 0.4) is 0 Å². The minimum Gasteiger partial charge on any atom is -0.368 e. The maximum absolute atomic E-state index is 12.0. The molecule has 1 aromatic carbocycles. The van der Waals surface area contributed by atoms with Crippen LogP contribution in [-0.4, -0.2) is 24.1 Å². The molecule has 0 amide bonds. The van der Waals surface area contributed by atoms with Crippen LogP contribution >= 0.6 is 12.4 Å². The Bertz CT molecular complexity index is 722. The Balaban J connectivity index is 0.00000242. The number of nitrogens with one attached hydrogen (secondary N) is 1. The number of aromatic nitrogens is 2. The first-order chi connectivity index (χ1) is 10.00. The number of nitrogens with zero attached hydrogens (tertiary/aromatic N) is 2. The molecular formula is C14H21ClN4O2S. The molecule has 0 aliphatic carbocycles. The van der Waals surface area contributed by atoms with Crippen molar-refractivity contribution >= 4 is 45.0 Å². The molecule has 1 heterocycles. The molecule has 2 aromatic rings. The van der Waals surface area contributed by atoms with Gasteiger partial charge in [0.2, 0.25) is 16.0 Å². The van der Waals surface area contributed by atoms with E-state index in [0.29, 0.717) is 17.6 Å². The highest BCUT2D eigenvalue weighted by atomic mass is 35.5. The molecule has 3 N–H and O–H groups in total. The summed E-state index contributed by atoms with van der Waals surface area (Å²) < 4.78 is 26.6. The molecule has 0 aliphatic rings. The number of fused-ring (bicyclic) bond motifs is 1. The maximum Gasteiger partial charge on any atom is 0.232 e. The van der Waals surface area contributed by atoms with Gasteiger partial charge in [0.1, 0.15) is 0 Å². The Labute approximate surface area is 137 Å². The molecule has 0 saturated carbocycles. The summed E-state index contributed by atoms with van der Waals surface area (Å²) in [5, 5.41) is 0.746. The van der Waals surface area contributed by atoms with Crippen molar-refractivity contribution in [1.82, 2.24) is 9.97 Å². The molecule has 0 atom stereocenters. The van der Waals surface area contributed by atoms with Crippen molar-refractivity contribution in [3.63, 3.8) is 0 Å². The van der Waals surface area contributed by atoms with Crippen LogP contribution in [0.15, 0.2) is 24.4 Å². The van der Waals surface area contributed by atoms with Crippen LogP contribution in [0.2, 0.25) is 0 Å². The third-order valence-corrected chi connectivity index (χ3v) is 4.51. The molecule has 22 heavy (non-hydrogen) atoms. The number of anilines is 2. The Morgan fingerprint density at radius 3 is 2.73 bits per heavy atom. The van der Waals surface area contributed by atoms with E-state index in [0.717, 1.165) is 24.6 Å². The van der Waals surface area contributed by atoms with Crippen LogP contribution in [-0.2, 0) is 10.0 Å². The lowest BCUT2D eigenvalue weighted by molar-refractivity contribution is 0.594. The van der Waals surface area contributed by atoms with Gasteiger partial charge >= 0.3 is 0 Å². The monoisotopic (exact) mass is 344 g/mol. The van der Waals surface area contributed by atoms with Gasteiger partial charge in [-0.3, -0.25) is 4.72 Å². The minimum absolute atomic E-state index is 0. The number of unbranched alkanes of at least 4 members (excludes halogenated alkanes) is 3. The summed E-state index contributed by atoms with van der Waals surface area (Å²) in [6.07, 6.45) is 5.33. The second-order valence-corrected chi connectivity index (χ2v) is 6.83. The first kappa shape index (κ1) is 18.4. The number of benzene rings is 1.